The largest absolute Gasteiger partial charge is 0.383 e. The van der Waals surface area contributed by atoms with Gasteiger partial charge in [-0.3, -0.25) is 4.98 Å². The summed E-state index contributed by atoms with van der Waals surface area (Å²) in [5.74, 6) is 0. The standard InChI is InChI=1S/C16H21ClN2/c1-16(2,3)10-12(17)11-19-15-8-9-18-14-7-5-4-6-13(14)15/h4-9,12H,10-11H2,1-3H3,(H,18,19). The van der Waals surface area contributed by atoms with Crippen LogP contribution in [0.4, 0.5) is 5.69 Å². The summed E-state index contributed by atoms with van der Waals surface area (Å²) in [4.78, 5) is 4.36. The van der Waals surface area contributed by atoms with Crippen LogP contribution in [0.25, 0.3) is 10.9 Å². The number of rotatable bonds is 4. The van der Waals surface area contributed by atoms with E-state index in [-0.39, 0.29) is 10.8 Å². The van der Waals surface area contributed by atoms with Crippen LogP contribution in [-0.4, -0.2) is 16.9 Å². The molecule has 0 amide bonds. The van der Waals surface area contributed by atoms with E-state index < -0.39 is 0 Å². The van der Waals surface area contributed by atoms with Crippen molar-refractivity contribution in [1.29, 1.82) is 0 Å². The van der Waals surface area contributed by atoms with Gasteiger partial charge in [0.05, 0.1) is 10.9 Å². The van der Waals surface area contributed by atoms with Crippen molar-refractivity contribution in [3.8, 4) is 0 Å². The molecule has 0 bridgehead atoms. The Hall–Kier alpha value is -1.28. The number of pyridine rings is 1. The van der Waals surface area contributed by atoms with Crippen LogP contribution in [0, 0.1) is 5.41 Å². The number of anilines is 1. The molecule has 1 unspecified atom stereocenters. The Morgan fingerprint density at radius 2 is 1.95 bits per heavy atom. The van der Waals surface area contributed by atoms with E-state index >= 15 is 0 Å². The van der Waals surface area contributed by atoms with Crippen molar-refractivity contribution in [2.24, 2.45) is 5.41 Å². The summed E-state index contributed by atoms with van der Waals surface area (Å²) >= 11 is 6.39. The molecule has 2 rings (SSSR count). The van der Waals surface area contributed by atoms with E-state index in [9.17, 15) is 0 Å². The van der Waals surface area contributed by atoms with E-state index in [0.29, 0.717) is 0 Å². The molecule has 19 heavy (non-hydrogen) atoms. The third-order valence-corrected chi connectivity index (χ3v) is 3.31. The molecule has 2 aromatic rings. The van der Waals surface area contributed by atoms with Gasteiger partial charge in [0, 0.05) is 23.8 Å². The molecule has 3 heteroatoms. The first-order valence-electron chi connectivity index (χ1n) is 6.67. The van der Waals surface area contributed by atoms with Crippen LogP contribution in [0.15, 0.2) is 36.5 Å². The van der Waals surface area contributed by atoms with E-state index in [1.807, 2.05) is 30.5 Å². The van der Waals surface area contributed by atoms with Gasteiger partial charge in [-0.25, -0.2) is 0 Å². The SMILES string of the molecule is CC(C)(C)CC(Cl)CNc1ccnc2ccccc12. The maximum Gasteiger partial charge on any atom is 0.0722 e. The smallest absolute Gasteiger partial charge is 0.0722 e. The van der Waals surface area contributed by atoms with Gasteiger partial charge in [0.1, 0.15) is 0 Å². The van der Waals surface area contributed by atoms with Gasteiger partial charge in [0.25, 0.3) is 0 Å². The summed E-state index contributed by atoms with van der Waals surface area (Å²) in [5, 5.41) is 4.71. The average molecular weight is 277 g/mol. The number of fused-ring (bicyclic) bond motifs is 1. The molecule has 0 aliphatic rings. The highest BCUT2D eigenvalue weighted by Gasteiger charge is 2.16. The summed E-state index contributed by atoms with van der Waals surface area (Å²) in [6.45, 7) is 7.41. The Bertz CT molecular complexity index is 540. The molecule has 1 aromatic heterocycles. The van der Waals surface area contributed by atoms with Gasteiger partial charge in [-0.2, -0.15) is 0 Å². The molecular weight excluding hydrogens is 256 g/mol. The lowest BCUT2D eigenvalue weighted by Crippen LogP contribution is -2.20. The van der Waals surface area contributed by atoms with Crippen LogP contribution in [0.1, 0.15) is 27.2 Å². The Labute approximate surface area is 120 Å². The first-order chi connectivity index (χ1) is 8.96. The molecule has 0 radical (unpaired) electrons. The fourth-order valence-electron chi connectivity index (χ4n) is 2.21. The summed E-state index contributed by atoms with van der Waals surface area (Å²) in [6.07, 6.45) is 2.82. The number of benzene rings is 1. The number of aromatic nitrogens is 1. The number of para-hydroxylation sites is 1. The second-order valence-electron chi connectivity index (χ2n) is 6.12. The number of hydrogen-bond donors (Lipinski definition) is 1. The molecule has 2 nitrogen and oxygen atoms in total. The van der Waals surface area contributed by atoms with Crippen LogP contribution >= 0.6 is 11.6 Å². The van der Waals surface area contributed by atoms with Crippen molar-refractivity contribution >= 4 is 28.2 Å². The first kappa shape index (κ1) is 14.1. The van der Waals surface area contributed by atoms with E-state index in [2.05, 4.69) is 37.1 Å². The van der Waals surface area contributed by atoms with Gasteiger partial charge in [0.15, 0.2) is 0 Å². The number of nitrogens with one attached hydrogen (secondary N) is 1. The minimum atomic E-state index is 0.131. The molecule has 0 fully saturated rings. The Morgan fingerprint density at radius 1 is 1.21 bits per heavy atom. The highest BCUT2D eigenvalue weighted by atomic mass is 35.5. The predicted octanol–water partition coefficient (Wildman–Crippen LogP) is 4.69. The second kappa shape index (κ2) is 5.79. The highest BCUT2D eigenvalue weighted by Crippen LogP contribution is 2.25. The van der Waals surface area contributed by atoms with E-state index in [1.54, 1.807) is 0 Å². The number of hydrogen-bond acceptors (Lipinski definition) is 2. The van der Waals surface area contributed by atoms with Gasteiger partial charge < -0.3 is 5.32 Å². The molecule has 0 saturated heterocycles. The molecule has 1 atom stereocenters. The van der Waals surface area contributed by atoms with Crippen LogP contribution in [-0.2, 0) is 0 Å². The molecule has 102 valence electrons. The summed E-state index contributed by atoms with van der Waals surface area (Å²) < 4.78 is 0. The van der Waals surface area contributed by atoms with Gasteiger partial charge in [-0.05, 0) is 24.0 Å². The van der Waals surface area contributed by atoms with Crippen LogP contribution in [0.3, 0.4) is 0 Å². The highest BCUT2D eigenvalue weighted by molar-refractivity contribution is 6.21. The molecule has 1 N–H and O–H groups in total. The normalized spacial score (nSPS) is 13.5. The Morgan fingerprint density at radius 3 is 2.68 bits per heavy atom. The van der Waals surface area contributed by atoms with E-state index in [1.165, 1.54) is 0 Å². The Kier molecular flexibility index (Phi) is 4.31. The lowest BCUT2D eigenvalue weighted by molar-refractivity contribution is 0.373. The molecule has 0 aliphatic heterocycles. The third kappa shape index (κ3) is 4.10. The average Bonchev–Trinajstić information content (AvgIpc) is 2.34. The molecule has 0 aliphatic carbocycles. The van der Waals surface area contributed by atoms with Crippen LogP contribution in [0.5, 0.6) is 0 Å². The maximum atomic E-state index is 6.39. The molecule has 1 heterocycles. The van der Waals surface area contributed by atoms with Crippen molar-refractivity contribution < 1.29 is 0 Å². The maximum absolute atomic E-state index is 6.39. The fraction of sp³-hybridized carbons (Fsp3) is 0.438. The van der Waals surface area contributed by atoms with Gasteiger partial charge in [-0.1, -0.05) is 39.0 Å². The van der Waals surface area contributed by atoms with E-state index in [4.69, 9.17) is 11.6 Å². The van der Waals surface area contributed by atoms with Crippen molar-refractivity contribution in [3.05, 3.63) is 36.5 Å². The summed E-state index contributed by atoms with van der Waals surface area (Å²) in [5.41, 5.74) is 2.37. The second-order valence-corrected chi connectivity index (χ2v) is 6.74. The summed E-state index contributed by atoms with van der Waals surface area (Å²) in [6, 6.07) is 10.1. The van der Waals surface area contributed by atoms with E-state index in [0.717, 1.165) is 29.6 Å². The monoisotopic (exact) mass is 276 g/mol. The number of halogens is 1. The zero-order chi connectivity index (χ0) is 13.9. The lowest BCUT2D eigenvalue weighted by atomic mass is 9.90. The minimum absolute atomic E-state index is 0.131. The fourth-order valence-corrected chi connectivity index (χ4v) is 2.75. The van der Waals surface area contributed by atoms with Gasteiger partial charge in [-0.15, -0.1) is 11.6 Å². The summed E-state index contributed by atoms with van der Waals surface area (Å²) in [7, 11) is 0. The molecule has 1 aromatic carbocycles. The minimum Gasteiger partial charge on any atom is -0.383 e. The molecular formula is C16H21ClN2. The van der Waals surface area contributed by atoms with Crippen molar-refractivity contribution in [3.63, 3.8) is 0 Å². The van der Waals surface area contributed by atoms with Crippen molar-refractivity contribution in [2.45, 2.75) is 32.6 Å². The third-order valence-electron chi connectivity index (χ3n) is 3.00. The van der Waals surface area contributed by atoms with Crippen molar-refractivity contribution in [1.82, 2.24) is 4.98 Å². The number of nitrogens with zero attached hydrogens (tertiary/aromatic N) is 1. The van der Waals surface area contributed by atoms with Crippen LogP contribution < -0.4 is 5.32 Å². The quantitative estimate of drug-likeness (QED) is 0.820. The molecule has 0 saturated carbocycles. The zero-order valence-corrected chi connectivity index (χ0v) is 12.5. The molecule has 0 spiro atoms. The lowest BCUT2D eigenvalue weighted by Gasteiger charge is -2.22. The van der Waals surface area contributed by atoms with Crippen LogP contribution in [0.2, 0.25) is 0 Å². The van der Waals surface area contributed by atoms with Crippen molar-refractivity contribution in [2.75, 3.05) is 11.9 Å². The Balaban J connectivity index is 2.06. The van der Waals surface area contributed by atoms with Gasteiger partial charge >= 0.3 is 0 Å². The zero-order valence-electron chi connectivity index (χ0n) is 11.8. The number of alkyl halides is 1. The first-order valence-corrected chi connectivity index (χ1v) is 7.11. The van der Waals surface area contributed by atoms with Gasteiger partial charge in [0.2, 0.25) is 0 Å². The predicted molar refractivity (Wildman–Crippen MR) is 83.9 cm³/mol. The topological polar surface area (TPSA) is 24.9 Å².